The number of H-pyrrole nitrogens is 2. The van der Waals surface area contributed by atoms with Gasteiger partial charge in [0.25, 0.3) is 6.33 Å². The quantitative estimate of drug-likeness (QED) is 0.496. The largest absolute Gasteiger partial charge is 1.00 e. The fourth-order valence-electron chi connectivity index (χ4n) is 0.144. The minimum Gasteiger partial charge on any atom is -1.00 e. The van der Waals surface area contributed by atoms with Crippen molar-refractivity contribution in [3.63, 3.8) is 0 Å². The van der Waals surface area contributed by atoms with Gasteiger partial charge in [0.1, 0.15) is 5.10 Å². The van der Waals surface area contributed by atoms with Crippen molar-refractivity contribution in [3.8, 4) is 0 Å². The van der Waals surface area contributed by atoms with E-state index >= 15 is 0 Å². The number of nitrogens with one attached hydrogen (secondary N) is 2. The van der Waals surface area contributed by atoms with E-state index < -0.39 is 0 Å². The molecule has 0 aliphatic carbocycles. The zero-order chi connectivity index (χ0) is 3.54. The molecule has 0 radical (unpaired) electrons. The number of aromatic amines is 2. The third-order valence-corrected chi connectivity index (χ3v) is 0.295. The number of aromatic nitrogens is 4. The first-order valence-corrected chi connectivity index (χ1v) is 1.22. The van der Waals surface area contributed by atoms with E-state index in [1.54, 1.807) is 0 Å². The Bertz CT molecular complexity index is 70.1. The molecule has 0 spiro atoms. The molecule has 0 atom stereocenters. The van der Waals surface area contributed by atoms with Crippen LogP contribution in [0, 0.1) is 0 Å². The zero-order valence-corrected chi connectivity index (χ0v) is 8.14. The summed E-state index contributed by atoms with van der Waals surface area (Å²) in [5.41, 5.74) is 0. The molecule has 0 saturated heterocycles. The summed E-state index contributed by atoms with van der Waals surface area (Å²) in [7, 11) is 0. The number of hydrogen-bond donors (Lipinski definition) is 1. The van der Waals surface area contributed by atoms with Crippen molar-refractivity contribution in [1.29, 1.82) is 0 Å². The summed E-state index contributed by atoms with van der Waals surface area (Å²) in [6.45, 7) is 0. The van der Waals surface area contributed by atoms with Crippen molar-refractivity contribution in [2.24, 2.45) is 0 Å². The number of rotatable bonds is 0. The molecule has 66 valence electrons. The van der Waals surface area contributed by atoms with Crippen LogP contribution < -0.4 is 67.1 Å². The molecule has 1 aromatic heterocycles. The van der Waals surface area contributed by atoms with Crippen molar-refractivity contribution in [3.05, 3.63) is 6.33 Å². The SMILES string of the molecule is [Cl-].[Cl-].[Cl-].[Cl-].[Cl-].c1nn[nH][nH+]1. The van der Waals surface area contributed by atoms with Crippen LogP contribution in [0.4, 0.5) is 0 Å². The lowest BCUT2D eigenvalue weighted by molar-refractivity contribution is -0.456. The van der Waals surface area contributed by atoms with Crippen LogP contribution in [-0.4, -0.2) is 15.5 Å². The van der Waals surface area contributed by atoms with Gasteiger partial charge in [0, 0.05) is 0 Å². The lowest BCUT2D eigenvalue weighted by Crippen LogP contribution is -3.00. The monoisotopic (exact) mass is 246 g/mol. The first-order chi connectivity index (χ1) is 2.50. The van der Waals surface area contributed by atoms with Crippen LogP contribution in [0.25, 0.3) is 0 Å². The Morgan fingerprint density at radius 2 is 1.50 bits per heavy atom. The lowest BCUT2D eigenvalue weighted by Gasteiger charge is -1.36. The van der Waals surface area contributed by atoms with E-state index in [-0.39, 0.29) is 62.0 Å². The summed E-state index contributed by atoms with van der Waals surface area (Å²) in [6.07, 6.45) is 1.46. The van der Waals surface area contributed by atoms with Gasteiger partial charge in [-0.15, -0.1) is 0 Å². The van der Waals surface area contributed by atoms with Crippen LogP contribution in [-0.2, 0) is 0 Å². The predicted octanol–water partition coefficient (Wildman–Crippen LogP) is -16.4. The maximum atomic E-state index is 3.36. The van der Waals surface area contributed by atoms with Crippen molar-refractivity contribution in [2.45, 2.75) is 0 Å². The first kappa shape index (κ1) is 31.3. The van der Waals surface area contributed by atoms with Gasteiger partial charge in [0.15, 0.2) is 5.21 Å². The minimum absolute atomic E-state index is 0. The van der Waals surface area contributed by atoms with Crippen molar-refractivity contribution in [1.82, 2.24) is 15.5 Å². The number of hydrogen-bond acceptors (Lipinski definition) is 2. The maximum Gasteiger partial charge on any atom is 0.286 e. The molecule has 9 heteroatoms. The minimum atomic E-state index is 0. The molecule has 0 bridgehead atoms. The van der Waals surface area contributed by atoms with Crippen molar-refractivity contribution in [2.75, 3.05) is 0 Å². The molecular weight excluding hydrogens is 245 g/mol. The van der Waals surface area contributed by atoms with E-state index in [4.69, 9.17) is 0 Å². The molecule has 1 heterocycles. The molecule has 1 rings (SSSR count). The Morgan fingerprint density at radius 3 is 1.60 bits per heavy atom. The standard InChI is InChI=1S/CH2N4.5ClH/c1-2-4-5-3-1;;;;;/h1H,(H,2,3,4,5);5*1H/p-4. The highest BCUT2D eigenvalue weighted by atomic mass is 35.5. The third-order valence-electron chi connectivity index (χ3n) is 0.295. The van der Waals surface area contributed by atoms with E-state index in [1.807, 2.05) is 0 Å². The molecule has 2 N–H and O–H groups in total. The summed E-state index contributed by atoms with van der Waals surface area (Å²) in [6, 6.07) is 0. The fourth-order valence-corrected chi connectivity index (χ4v) is 0.144. The number of halogens is 5. The zero-order valence-electron chi connectivity index (χ0n) is 4.36. The molecule has 0 aromatic carbocycles. The lowest BCUT2D eigenvalue weighted by atomic mass is 11.4. The van der Waals surface area contributed by atoms with E-state index in [1.165, 1.54) is 6.33 Å². The van der Waals surface area contributed by atoms with Gasteiger partial charge in [-0.25, -0.2) is 0 Å². The van der Waals surface area contributed by atoms with Gasteiger partial charge in [0.05, 0.1) is 0 Å². The summed E-state index contributed by atoms with van der Waals surface area (Å²) in [5, 5.41) is 11.5. The molecule has 0 saturated carbocycles. The Hall–Kier alpha value is 0.520. The molecule has 0 fully saturated rings. The van der Waals surface area contributed by atoms with Gasteiger partial charge >= 0.3 is 0 Å². The molecule has 0 aliphatic heterocycles. The van der Waals surface area contributed by atoms with E-state index in [0.29, 0.717) is 0 Å². The fraction of sp³-hybridized carbons (Fsp3) is 0. The third kappa shape index (κ3) is 15.8. The molecule has 0 aliphatic rings. The Morgan fingerprint density at radius 1 is 1.00 bits per heavy atom. The summed E-state index contributed by atoms with van der Waals surface area (Å²) >= 11 is 0. The first-order valence-electron chi connectivity index (χ1n) is 1.22. The molecule has 0 amide bonds. The van der Waals surface area contributed by atoms with E-state index in [9.17, 15) is 0 Å². The average Bonchev–Trinajstić information content (AvgIpc) is 1.76. The van der Waals surface area contributed by atoms with Crippen LogP contribution >= 0.6 is 0 Å². The number of tetrazole rings is 1. The van der Waals surface area contributed by atoms with Crippen LogP contribution in [0.2, 0.25) is 0 Å². The number of nitrogens with zero attached hydrogens (tertiary/aromatic N) is 2. The van der Waals surface area contributed by atoms with E-state index in [2.05, 4.69) is 20.6 Å². The summed E-state index contributed by atoms with van der Waals surface area (Å²) in [4.78, 5) is 0. The van der Waals surface area contributed by atoms with Gasteiger partial charge in [-0.3, -0.25) is 0 Å². The van der Waals surface area contributed by atoms with Crippen molar-refractivity contribution < 1.29 is 67.1 Å². The highest BCUT2D eigenvalue weighted by molar-refractivity contribution is 4.06. The molecular formula is CH3Cl5N4-4. The van der Waals surface area contributed by atoms with Gasteiger partial charge < -0.3 is 62.0 Å². The van der Waals surface area contributed by atoms with Gasteiger partial charge in [-0.2, -0.15) is 5.10 Å². The summed E-state index contributed by atoms with van der Waals surface area (Å²) < 4.78 is 0. The van der Waals surface area contributed by atoms with Crippen LogP contribution in [0.5, 0.6) is 0 Å². The topological polar surface area (TPSA) is 55.7 Å². The normalized spacial score (nSPS) is 4.00. The second-order valence-corrected chi connectivity index (χ2v) is 0.601. The second kappa shape index (κ2) is 22.7. The van der Waals surface area contributed by atoms with Crippen LogP contribution in [0.1, 0.15) is 0 Å². The Labute approximate surface area is 89.0 Å². The average molecular weight is 248 g/mol. The second-order valence-electron chi connectivity index (χ2n) is 0.601. The highest BCUT2D eigenvalue weighted by Gasteiger charge is 1.71. The maximum absolute atomic E-state index is 3.36. The van der Waals surface area contributed by atoms with Gasteiger partial charge in [-0.05, 0) is 0 Å². The van der Waals surface area contributed by atoms with Gasteiger partial charge in [0.2, 0.25) is 0 Å². The van der Waals surface area contributed by atoms with E-state index in [0.717, 1.165) is 0 Å². The summed E-state index contributed by atoms with van der Waals surface area (Å²) in [5.74, 6) is 0. The Balaban J connectivity index is -0.0000000167. The molecule has 10 heavy (non-hydrogen) atoms. The highest BCUT2D eigenvalue weighted by Crippen LogP contribution is 1.32. The van der Waals surface area contributed by atoms with Crippen molar-refractivity contribution >= 4 is 0 Å². The van der Waals surface area contributed by atoms with Gasteiger partial charge in [-0.1, -0.05) is 5.21 Å². The predicted molar refractivity (Wildman–Crippen MR) is 12.9 cm³/mol. The van der Waals surface area contributed by atoms with Crippen LogP contribution in [0.15, 0.2) is 6.33 Å². The molecule has 1 aromatic rings. The molecule has 0 unspecified atom stereocenters. The molecule has 4 nitrogen and oxygen atoms in total. The van der Waals surface area contributed by atoms with Crippen LogP contribution in [0.3, 0.4) is 0 Å². The smallest absolute Gasteiger partial charge is 0.286 e. The Kier molecular flexibility index (Phi) is 71.0.